The summed E-state index contributed by atoms with van der Waals surface area (Å²) in [6.45, 7) is 3.04. The van der Waals surface area contributed by atoms with Crippen molar-refractivity contribution in [2.45, 2.75) is 32.4 Å². The number of aryl methyl sites for hydroxylation is 1. The second-order valence-corrected chi connectivity index (χ2v) is 6.15. The van der Waals surface area contributed by atoms with Crippen molar-refractivity contribution in [3.8, 4) is 11.1 Å². The second-order valence-electron chi connectivity index (χ2n) is 6.15. The lowest BCUT2D eigenvalue weighted by Crippen LogP contribution is -2.15. The van der Waals surface area contributed by atoms with E-state index in [1.807, 2.05) is 0 Å². The van der Waals surface area contributed by atoms with Crippen molar-refractivity contribution in [3.05, 3.63) is 59.7 Å². The Morgan fingerprint density at radius 1 is 0.857 bits per heavy atom. The number of nitrogens with zero attached hydrogens (tertiary/aromatic N) is 1. The van der Waals surface area contributed by atoms with E-state index in [9.17, 15) is 0 Å². The zero-order valence-electron chi connectivity index (χ0n) is 13.3. The zero-order valence-corrected chi connectivity index (χ0v) is 13.3. The van der Waals surface area contributed by atoms with E-state index in [-0.39, 0.29) is 6.04 Å². The highest BCUT2D eigenvalue weighted by Crippen LogP contribution is 2.21. The molecule has 2 aromatic carbocycles. The molecule has 21 heavy (non-hydrogen) atoms. The van der Waals surface area contributed by atoms with Crippen LogP contribution in [0.2, 0.25) is 0 Å². The lowest BCUT2D eigenvalue weighted by Gasteiger charge is -2.10. The standard InChI is InChI=1S/C19H26N2/c1-15(20)4-5-16-6-10-18(11-7-16)19-12-8-17(9-13-19)14-21(2)3/h6-13,15H,4-5,14,20H2,1-3H3. The van der Waals surface area contributed by atoms with Crippen LogP contribution in [0.25, 0.3) is 11.1 Å². The topological polar surface area (TPSA) is 29.3 Å². The first-order chi connectivity index (χ1) is 10.0. The largest absolute Gasteiger partial charge is 0.328 e. The average molecular weight is 282 g/mol. The van der Waals surface area contributed by atoms with Crippen molar-refractivity contribution in [1.82, 2.24) is 4.90 Å². The SMILES string of the molecule is CC(N)CCc1ccc(-c2ccc(CN(C)C)cc2)cc1. The fourth-order valence-electron chi connectivity index (χ4n) is 2.43. The molecule has 2 N–H and O–H groups in total. The Morgan fingerprint density at radius 3 is 1.76 bits per heavy atom. The molecule has 0 radical (unpaired) electrons. The molecular weight excluding hydrogens is 256 g/mol. The van der Waals surface area contributed by atoms with E-state index >= 15 is 0 Å². The van der Waals surface area contributed by atoms with Gasteiger partial charge in [-0.2, -0.15) is 0 Å². The number of hydrogen-bond donors (Lipinski definition) is 1. The van der Waals surface area contributed by atoms with Crippen LogP contribution in [0.4, 0.5) is 0 Å². The van der Waals surface area contributed by atoms with E-state index in [2.05, 4.69) is 74.4 Å². The van der Waals surface area contributed by atoms with Gasteiger partial charge < -0.3 is 10.6 Å². The van der Waals surface area contributed by atoms with Crippen LogP contribution in [-0.2, 0) is 13.0 Å². The minimum absolute atomic E-state index is 0.272. The smallest absolute Gasteiger partial charge is 0.0227 e. The molecule has 2 nitrogen and oxygen atoms in total. The van der Waals surface area contributed by atoms with Gasteiger partial charge >= 0.3 is 0 Å². The van der Waals surface area contributed by atoms with Crippen molar-refractivity contribution in [2.75, 3.05) is 14.1 Å². The van der Waals surface area contributed by atoms with Gasteiger partial charge in [-0.3, -0.25) is 0 Å². The van der Waals surface area contributed by atoms with E-state index in [4.69, 9.17) is 5.73 Å². The first kappa shape index (κ1) is 15.7. The van der Waals surface area contributed by atoms with Crippen molar-refractivity contribution in [2.24, 2.45) is 5.73 Å². The molecule has 2 rings (SSSR count). The Bertz CT molecular complexity index is 539. The molecule has 0 bridgehead atoms. The molecule has 0 aliphatic heterocycles. The van der Waals surface area contributed by atoms with Crippen LogP contribution in [0.15, 0.2) is 48.5 Å². The highest BCUT2D eigenvalue weighted by Gasteiger charge is 2.01. The number of nitrogens with two attached hydrogens (primary N) is 1. The molecule has 0 heterocycles. The minimum atomic E-state index is 0.272. The Morgan fingerprint density at radius 2 is 1.33 bits per heavy atom. The minimum Gasteiger partial charge on any atom is -0.328 e. The molecule has 0 fully saturated rings. The van der Waals surface area contributed by atoms with Gasteiger partial charge in [0.15, 0.2) is 0 Å². The van der Waals surface area contributed by atoms with Gasteiger partial charge in [0.1, 0.15) is 0 Å². The Labute approximate surface area is 128 Å². The van der Waals surface area contributed by atoms with Crippen LogP contribution in [0.3, 0.4) is 0 Å². The van der Waals surface area contributed by atoms with Crippen molar-refractivity contribution in [3.63, 3.8) is 0 Å². The molecule has 1 atom stereocenters. The predicted molar refractivity (Wildman–Crippen MR) is 91.2 cm³/mol. The quantitative estimate of drug-likeness (QED) is 0.875. The molecule has 0 spiro atoms. The average Bonchev–Trinajstić information content (AvgIpc) is 2.46. The highest BCUT2D eigenvalue weighted by atomic mass is 15.0. The molecule has 0 saturated carbocycles. The van der Waals surface area contributed by atoms with E-state index in [0.29, 0.717) is 0 Å². The summed E-state index contributed by atoms with van der Waals surface area (Å²) in [5.41, 5.74) is 11.1. The monoisotopic (exact) mass is 282 g/mol. The van der Waals surface area contributed by atoms with Gasteiger partial charge in [0.2, 0.25) is 0 Å². The summed E-state index contributed by atoms with van der Waals surface area (Å²) in [7, 11) is 4.18. The number of benzene rings is 2. The summed E-state index contributed by atoms with van der Waals surface area (Å²) in [6.07, 6.45) is 2.10. The van der Waals surface area contributed by atoms with Crippen LogP contribution in [0, 0.1) is 0 Å². The van der Waals surface area contributed by atoms with Gasteiger partial charge in [0.25, 0.3) is 0 Å². The van der Waals surface area contributed by atoms with Gasteiger partial charge in [-0.25, -0.2) is 0 Å². The first-order valence-electron chi connectivity index (χ1n) is 7.63. The van der Waals surface area contributed by atoms with Crippen molar-refractivity contribution >= 4 is 0 Å². The summed E-state index contributed by atoms with van der Waals surface area (Å²) in [6, 6.07) is 17.9. The zero-order chi connectivity index (χ0) is 15.2. The van der Waals surface area contributed by atoms with Crippen molar-refractivity contribution < 1.29 is 0 Å². The van der Waals surface area contributed by atoms with Crippen LogP contribution >= 0.6 is 0 Å². The van der Waals surface area contributed by atoms with Gasteiger partial charge in [-0.15, -0.1) is 0 Å². The Hall–Kier alpha value is -1.64. The summed E-state index contributed by atoms with van der Waals surface area (Å²) in [5.74, 6) is 0. The van der Waals surface area contributed by atoms with Crippen LogP contribution < -0.4 is 5.73 Å². The molecule has 2 heteroatoms. The molecular formula is C19H26N2. The molecule has 0 aliphatic rings. The molecule has 1 unspecified atom stereocenters. The van der Waals surface area contributed by atoms with E-state index in [1.165, 1.54) is 22.3 Å². The number of rotatable bonds is 6. The normalized spacial score (nSPS) is 12.6. The summed E-state index contributed by atoms with van der Waals surface area (Å²) < 4.78 is 0. The Balaban J connectivity index is 2.04. The van der Waals surface area contributed by atoms with Crippen LogP contribution in [0.5, 0.6) is 0 Å². The molecule has 112 valence electrons. The summed E-state index contributed by atoms with van der Waals surface area (Å²) >= 11 is 0. The predicted octanol–water partition coefficient (Wildman–Crippen LogP) is 3.70. The third-order valence-electron chi connectivity index (χ3n) is 3.63. The number of hydrogen-bond acceptors (Lipinski definition) is 2. The summed E-state index contributed by atoms with van der Waals surface area (Å²) in [5, 5.41) is 0. The van der Waals surface area contributed by atoms with E-state index < -0.39 is 0 Å². The molecule has 0 aliphatic carbocycles. The molecule has 0 saturated heterocycles. The van der Waals surface area contributed by atoms with Gasteiger partial charge in [-0.1, -0.05) is 48.5 Å². The Kier molecular flexibility index (Phi) is 5.54. The lowest BCUT2D eigenvalue weighted by atomic mass is 10.00. The maximum atomic E-state index is 5.81. The first-order valence-corrected chi connectivity index (χ1v) is 7.63. The lowest BCUT2D eigenvalue weighted by molar-refractivity contribution is 0.402. The second kappa shape index (κ2) is 7.39. The highest BCUT2D eigenvalue weighted by molar-refractivity contribution is 5.63. The van der Waals surface area contributed by atoms with Gasteiger partial charge in [-0.05, 0) is 56.1 Å². The molecule has 0 aromatic heterocycles. The molecule has 2 aromatic rings. The maximum Gasteiger partial charge on any atom is 0.0227 e. The third-order valence-corrected chi connectivity index (χ3v) is 3.63. The van der Waals surface area contributed by atoms with E-state index in [1.54, 1.807) is 0 Å². The van der Waals surface area contributed by atoms with Gasteiger partial charge in [0, 0.05) is 12.6 Å². The fourth-order valence-corrected chi connectivity index (χ4v) is 2.43. The van der Waals surface area contributed by atoms with Crippen LogP contribution in [-0.4, -0.2) is 25.0 Å². The van der Waals surface area contributed by atoms with Crippen molar-refractivity contribution in [1.29, 1.82) is 0 Å². The summed E-state index contributed by atoms with van der Waals surface area (Å²) in [4.78, 5) is 2.18. The molecule has 0 amide bonds. The fraction of sp³-hybridized carbons (Fsp3) is 0.368. The maximum absolute atomic E-state index is 5.81. The van der Waals surface area contributed by atoms with E-state index in [0.717, 1.165) is 19.4 Å². The van der Waals surface area contributed by atoms with Gasteiger partial charge in [0.05, 0.1) is 0 Å². The van der Waals surface area contributed by atoms with Crippen LogP contribution in [0.1, 0.15) is 24.5 Å². The third kappa shape index (κ3) is 5.00.